The first kappa shape index (κ1) is 8.58. The highest BCUT2D eigenvalue weighted by molar-refractivity contribution is 7.07. The summed E-state index contributed by atoms with van der Waals surface area (Å²) >= 11 is 7.93. The van der Waals surface area contributed by atoms with Gasteiger partial charge in [0, 0.05) is 5.38 Å². The fourth-order valence-corrected chi connectivity index (χ4v) is 2.64. The minimum absolute atomic E-state index is 0.331. The average Bonchev–Trinajstić information content (AvgIpc) is 2.60. The monoisotopic (exact) mass is 200 g/mol. The van der Waals surface area contributed by atoms with Crippen LogP contribution in [0.2, 0.25) is 0 Å². The van der Waals surface area contributed by atoms with Gasteiger partial charge in [-0.05, 0) is 54.0 Å². The van der Waals surface area contributed by atoms with Crippen LogP contribution in [0.25, 0.3) is 0 Å². The van der Waals surface area contributed by atoms with E-state index in [0.717, 1.165) is 0 Å². The Morgan fingerprint density at radius 2 is 2.42 bits per heavy atom. The number of hydrogen-bond donors (Lipinski definition) is 0. The third kappa shape index (κ3) is 1.53. The molecule has 0 bridgehead atoms. The molecule has 0 N–H and O–H groups in total. The molecular weight excluding hydrogens is 188 g/mol. The van der Waals surface area contributed by atoms with Crippen molar-refractivity contribution >= 4 is 22.9 Å². The Kier molecular flexibility index (Phi) is 2.18. The fraction of sp³-hybridized carbons (Fsp3) is 0.600. The maximum Gasteiger partial charge on any atom is 0.0367 e. The Morgan fingerprint density at radius 3 is 2.83 bits per heavy atom. The van der Waals surface area contributed by atoms with Crippen molar-refractivity contribution in [2.75, 3.05) is 0 Å². The maximum atomic E-state index is 6.15. The minimum Gasteiger partial charge on any atom is -0.152 e. The molecule has 0 nitrogen and oxygen atoms in total. The van der Waals surface area contributed by atoms with Gasteiger partial charge in [0.2, 0.25) is 0 Å². The molecule has 0 amide bonds. The summed E-state index contributed by atoms with van der Waals surface area (Å²) < 4.78 is 0. The van der Waals surface area contributed by atoms with Crippen LogP contribution in [0.1, 0.15) is 25.3 Å². The second-order valence-electron chi connectivity index (χ2n) is 3.79. The molecule has 0 spiro atoms. The lowest BCUT2D eigenvalue weighted by atomic mass is 9.95. The minimum atomic E-state index is 0.331. The molecular formula is C10H13ClS. The predicted molar refractivity (Wildman–Crippen MR) is 55.0 cm³/mol. The van der Waals surface area contributed by atoms with Crippen molar-refractivity contribution in [1.82, 2.24) is 0 Å². The van der Waals surface area contributed by atoms with Gasteiger partial charge in [0.05, 0.1) is 0 Å². The molecule has 0 radical (unpaired) electrons. The molecule has 12 heavy (non-hydrogen) atoms. The number of rotatable bonds is 3. The van der Waals surface area contributed by atoms with E-state index in [1.54, 1.807) is 11.3 Å². The summed E-state index contributed by atoms with van der Waals surface area (Å²) in [6.45, 7) is 2.13. The summed E-state index contributed by atoms with van der Waals surface area (Å²) in [5, 5.41) is 4.71. The van der Waals surface area contributed by atoms with E-state index in [0.29, 0.717) is 10.8 Å². The van der Waals surface area contributed by atoms with Crippen LogP contribution in [0.3, 0.4) is 0 Å². The van der Waals surface area contributed by atoms with E-state index in [4.69, 9.17) is 11.6 Å². The molecule has 1 fully saturated rings. The van der Waals surface area contributed by atoms with Crippen molar-refractivity contribution in [3.05, 3.63) is 22.4 Å². The van der Waals surface area contributed by atoms with Gasteiger partial charge in [0.1, 0.15) is 0 Å². The van der Waals surface area contributed by atoms with Crippen molar-refractivity contribution in [2.45, 2.75) is 31.6 Å². The van der Waals surface area contributed by atoms with Crippen LogP contribution >= 0.6 is 22.9 Å². The van der Waals surface area contributed by atoms with Gasteiger partial charge in [-0.15, -0.1) is 11.6 Å². The molecule has 1 heterocycles. The standard InChI is InChI=1S/C10H13ClS/c1-8(11)10(3-4-10)6-9-2-5-12-7-9/h2,5,7-8H,3-4,6H2,1H3. The van der Waals surface area contributed by atoms with Crippen molar-refractivity contribution < 1.29 is 0 Å². The summed E-state index contributed by atoms with van der Waals surface area (Å²) in [6.07, 6.45) is 3.81. The molecule has 0 aromatic carbocycles. The lowest BCUT2D eigenvalue weighted by Gasteiger charge is -2.16. The van der Waals surface area contributed by atoms with E-state index in [-0.39, 0.29) is 0 Å². The summed E-state index contributed by atoms with van der Waals surface area (Å²) in [5.41, 5.74) is 1.91. The summed E-state index contributed by atoms with van der Waals surface area (Å²) in [5.74, 6) is 0. The fourth-order valence-electron chi connectivity index (χ4n) is 1.68. The van der Waals surface area contributed by atoms with Crippen molar-refractivity contribution in [2.24, 2.45) is 5.41 Å². The number of thiophene rings is 1. The SMILES string of the molecule is CC(Cl)C1(Cc2ccsc2)CC1. The van der Waals surface area contributed by atoms with Gasteiger partial charge in [-0.25, -0.2) is 0 Å². The highest BCUT2D eigenvalue weighted by Crippen LogP contribution is 2.53. The van der Waals surface area contributed by atoms with Gasteiger partial charge in [0.15, 0.2) is 0 Å². The number of hydrogen-bond acceptors (Lipinski definition) is 1. The molecule has 1 atom stereocenters. The van der Waals surface area contributed by atoms with E-state index >= 15 is 0 Å². The first-order valence-electron chi connectivity index (χ1n) is 4.38. The van der Waals surface area contributed by atoms with E-state index in [1.165, 1.54) is 24.8 Å². The van der Waals surface area contributed by atoms with Crippen LogP contribution in [0, 0.1) is 5.41 Å². The smallest absolute Gasteiger partial charge is 0.0367 e. The van der Waals surface area contributed by atoms with E-state index in [9.17, 15) is 0 Å². The van der Waals surface area contributed by atoms with Gasteiger partial charge >= 0.3 is 0 Å². The number of alkyl halides is 1. The summed E-state index contributed by atoms with van der Waals surface area (Å²) in [4.78, 5) is 0. The molecule has 2 rings (SSSR count). The maximum absolute atomic E-state index is 6.15. The van der Waals surface area contributed by atoms with Gasteiger partial charge < -0.3 is 0 Å². The third-order valence-corrected chi connectivity index (χ3v) is 4.07. The van der Waals surface area contributed by atoms with Crippen molar-refractivity contribution in [1.29, 1.82) is 0 Å². The largest absolute Gasteiger partial charge is 0.152 e. The van der Waals surface area contributed by atoms with Crippen molar-refractivity contribution in [3.8, 4) is 0 Å². The Bertz CT molecular complexity index is 247. The van der Waals surface area contributed by atoms with Crippen molar-refractivity contribution in [3.63, 3.8) is 0 Å². The van der Waals surface area contributed by atoms with E-state index in [1.807, 2.05) is 0 Å². The molecule has 0 saturated heterocycles. The highest BCUT2D eigenvalue weighted by atomic mass is 35.5. The van der Waals surface area contributed by atoms with Gasteiger partial charge in [-0.3, -0.25) is 0 Å². The van der Waals surface area contributed by atoms with Gasteiger partial charge in [-0.1, -0.05) is 0 Å². The zero-order valence-electron chi connectivity index (χ0n) is 7.22. The normalized spacial score (nSPS) is 22.2. The Balaban J connectivity index is 2.04. The van der Waals surface area contributed by atoms with E-state index in [2.05, 4.69) is 23.8 Å². The average molecular weight is 201 g/mol. The second-order valence-corrected chi connectivity index (χ2v) is 5.22. The number of halogens is 1. The summed E-state index contributed by atoms with van der Waals surface area (Å²) in [6, 6.07) is 2.21. The zero-order chi connectivity index (χ0) is 8.60. The van der Waals surface area contributed by atoms with E-state index < -0.39 is 0 Å². The highest BCUT2D eigenvalue weighted by Gasteiger charge is 2.46. The Labute approximate surface area is 82.6 Å². The van der Waals surface area contributed by atoms with Crippen LogP contribution in [0.15, 0.2) is 16.8 Å². The molecule has 1 aromatic heterocycles. The first-order chi connectivity index (χ1) is 5.73. The molecule has 1 aromatic rings. The molecule has 0 aliphatic heterocycles. The lowest BCUT2D eigenvalue weighted by molar-refractivity contribution is 0.497. The van der Waals surface area contributed by atoms with Crippen LogP contribution < -0.4 is 0 Å². The second kappa shape index (κ2) is 3.04. The lowest BCUT2D eigenvalue weighted by Crippen LogP contribution is -2.15. The molecule has 66 valence electrons. The molecule has 1 unspecified atom stereocenters. The van der Waals surface area contributed by atoms with Crippen LogP contribution in [-0.2, 0) is 6.42 Å². The Hall–Kier alpha value is -0.0100. The third-order valence-electron chi connectivity index (χ3n) is 2.87. The van der Waals surface area contributed by atoms with Crippen LogP contribution in [0.4, 0.5) is 0 Å². The topological polar surface area (TPSA) is 0 Å². The van der Waals surface area contributed by atoms with Crippen LogP contribution in [0.5, 0.6) is 0 Å². The Morgan fingerprint density at radius 1 is 1.67 bits per heavy atom. The molecule has 1 aliphatic rings. The predicted octanol–water partition coefficient (Wildman–Crippen LogP) is 3.70. The van der Waals surface area contributed by atoms with Gasteiger partial charge in [-0.2, -0.15) is 11.3 Å². The van der Waals surface area contributed by atoms with Gasteiger partial charge in [0.25, 0.3) is 0 Å². The first-order valence-corrected chi connectivity index (χ1v) is 5.76. The molecule has 1 saturated carbocycles. The molecule has 2 heteroatoms. The zero-order valence-corrected chi connectivity index (χ0v) is 8.79. The quantitative estimate of drug-likeness (QED) is 0.653. The summed E-state index contributed by atoms with van der Waals surface area (Å²) in [7, 11) is 0. The molecule has 1 aliphatic carbocycles. The van der Waals surface area contributed by atoms with Crippen LogP contribution in [-0.4, -0.2) is 5.38 Å².